The van der Waals surface area contributed by atoms with Gasteiger partial charge >= 0.3 is 0 Å². The lowest BCUT2D eigenvalue weighted by Gasteiger charge is -2.44. The van der Waals surface area contributed by atoms with Crippen LogP contribution in [-0.4, -0.2) is 19.3 Å². The zero-order valence-electron chi connectivity index (χ0n) is 8.17. The van der Waals surface area contributed by atoms with E-state index >= 15 is 0 Å². The fraction of sp³-hybridized carbons (Fsp3) is 1.00. The van der Waals surface area contributed by atoms with Crippen molar-refractivity contribution in [3.05, 3.63) is 0 Å². The molecule has 0 radical (unpaired) electrons. The van der Waals surface area contributed by atoms with Crippen LogP contribution in [0.5, 0.6) is 0 Å². The van der Waals surface area contributed by atoms with Crippen molar-refractivity contribution < 1.29 is 4.74 Å². The number of rotatable bonds is 0. The van der Waals surface area contributed by atoms with Crippen molar-refractivity contribution in [1.29, 1.82) is 0 Å². The van der Waals surface area contributed by atoms with Crippen LogP contribution in [0.1, 0.15) is 32.1 Å². The Balaban J connectivity index is 1.88. The molecule has 1 unspecified atom stereocenters. The molecule has 0 aromatic heterocycles. The molecule has 0 aromatic rings. The van der Waals surface area contributed by atoms with Gasteiger partial charge in [0.1, 0.15) is 0 Å². The Hall–Kier alpha value is -0.0800. The van der Waals surface area contributed by atoms with Crippen LogP contribution in [0.25, 0.3) is 0 Å². The molecule has 3 fully saturated rings. The van der Waals surface area contributed by atoms with Crippen LogP contribution in [0, 0.1) is 17.3 Å². The molecule has 13 heavy (non-hydrogen) atoms. The normalized spacial score (nSPS) is 54.7. The number of hydrogen-bond donors (Lipinski definition) is 1. The molecule has 3 rings (SSSR count). The average Bonchev–Trinajstić information content (AvgIpc) is 2.73. The van der Waals surface area contributed by atoms with Gasteiger partial charge in [0.05, 0.1) is 6.61 Å². The Labute approximate surface area is 79.8 Å². The van der Waals surface area contributed by atoms with Gasteiger partial charge in [-0.15, -0.1) is 0 Å². The first-order valence-electron chi connectivity index (χ1n) is 5.66. The highest BCUT2D eigenvalue weighted by molar-refractivity contribution is 5.09. The van der Waals surface area contributed by atoms with Crippen molar-refractivity contribution in [2.24, 2.45) is 23.0 Å². The van der Waals surface area contributed by atoms with Gasteiger partial charge in [-0.2, -0.15) is 0 Å². The smallest absolute Gasteiger partial charge is 0.0540 e. The van der Waals surface area contributed by atoms with Gasteiger partial charge in [0.25, 0.3) is 0 Å². The summed E-state index contributed by atoms with van der Waals surface area (Å²) in [6.45, 7) is 1.92. The summed E-state index contributed by atoms with van der Waals surface area (Å²) >= 11 is 0. The molecule has 2 saturated carbocycles. The highest BCUT2D eigenvalue weighted by Gasteiger charge is 2.56. The van der Waals surface area contributed by atoms with Crippen molar-refractivity contribution >= 4 is 0 Å². The third-order valence-corrected chi connectivity index (χ3v) is 4.76. The predicted molar refractivity (Wildman–Crippen MR) is 51.3 cm³/mol. The molecule has 4 atom stereocenters. The highest BCUT2D eigenvalue weighted by Crippen LogP contribution is 2.58. The van der Waals surface area contributed by atoms with Gasteiger partial charge < -0.3 is 10.5 Å². The molecule has 1 aliphatic heterocycles. The average molecular weight is 181 g/mol. The molecule has 2 nitrogen and oxygen atoms in total. The largest absolute Gasteiger partial charge is 0.381 e. The van der Waals surface area contributed by atoms with Crippen molar-refractivity contribution in [2.45, 2.75) is 38.1 Å². The van der Waals surface area contributed by atoms with Crippen LogP contribution in [0.4, 0.5) is 0 Å². The maximum absolute atomic E-state index is 6.35. The van der Waals surface area contributed by atoms with Crippen LogP contribution >= 0.6 is 0 Å². The summed E-state index contributed by atoms with van der Waals surface area (Å²) in [5.41, 5.74) is 6.75. The van der Waals surface area contributed by atoms with E-state index in [1.165, 1.54) is 32.1 Å². The number of ether oxygens (including phenoxy) is 1. The highest BCUT2D eigenvalue weighted by atomic mass is 16.5. The van der Waals surface area contributed by atoms with Gasteiger partial charge in [-0.1, -0.05) is 0 Å². The first-order chi connectivity index (χ1) is 6.33. The molecule has 2 heteroatoms. The van der Waals surface area contributed by atoms with Crippen LogP contribution in [0.15, 0.2) is 0 Å². The van der Waals surface area contributed by atoms with Crippen LogP contribution in [0.2, 0.25) is 0 Å². The molecule has 2 aliphatic carbocycles. The van der Waals surface area contributed by atoms with E-state index in [1.54, 1.807) is 0 Å². The second-order valence-corrected chi connectivity index (χ2v) is 5.19. The summed E-state index contributed by atoms with van der Waals surface area (Å²) in [6, 6.07) is 0.451. The molecular weight excluding hydrogens is 162 g/mol. The van der Waals surface area contributed by atoms with E-state index in [-0.39, 0.29) is 0 Å². The van der Waals surface area contributed by atoms with E-state index in [0.717, 1.165) is 25.0 Å². The molecule has 2 bridgehead atoms. The Bertz CT molecular complexity index is 206. The zero-order chi connectivity index (χ0) is 8.89. The number of hydrogen-bond acceptors (Lipinski definition) is 2. The van der Waals surface area contributed by atoms with Gasteiger partial charge in [-0.3, -0.25) is 0 Å². The fourth-order valence-electron chi connectivity index (χ4n) is 4.03. The maximum Gasteiger partial charge on any atom is 0.0540 e. The first kappa shape index (κ1) is 8.25. The Morgan fingerprint density at radius 2 is 2.23 bits per heavy atom. The summed E-state index contributed by atoms with van der Waals surface area (Å²) in [4.78, 5) is 0. The Morgan fingerprint density at radius 1 is 1.31 bits per heavy atom. The summed E-state index contributed by atoms with van der Waals surface area (Å²) in [6.07, 6.45) is 6.76. The molecule has 1 heterocycles. The summed E-state index contributed by atoms with van der Waals surface area (Å²) < 4.78 is 5.65. The number of fused-ring (bicyclic) bond motifs is 3. The Kier molecular flexibility index (Phi) is 1.72. The third kappa shape index (κ3) is 0.962. The second-order valence-electron chi connectivity index (χ2n) is 5.19. The lowest BCUT2D eigenvalue weighted by Crippen LogP contribution is -2.51. The van der Waals surface area contributed by atoms with Gasteiger partial charge in [0, 0.05) is 18.1 Å². The molecule has 2 N–H and O–H groups in total. The van der Waals surface area contributed by atoms with Crippen molar-refractivity contribution in [1.82, 2.24) is 0 Å². The van der Waals surface area contributed by atoms with Crippen LogP contribution < -0.4 is 5.73 Å². The topological polar surface area (TPSA) is 35.2 Å². The van der Waals surface area contributed by atoms with E-state index in [9.17, 15) is 0 Å². The van der Waals surface area contributed by atoms with Crippen molar-refractivity contribution in [2.75, 3.05) is 13.2 Å². The van der Waals surface area contributed by atoms with E-state index < -0.39 is 0 Å². The van der Waals surface area contributed by atoms with Crippen LogP contribution in [-0.2, 0) is 4.74 Å². The lowest BCUT2D eigenvalue weighted by molar-refractivity contribution is -0.0493. The molecule has 1 saturated heterocycles. The van der Waals surface area contributed by atoms with E-state index in [0.29, 0.717) is 11.5 Å². The minimum Gasteiger partial charge on any atom is -0.381 e. The van der Waals surface area contributed by atoms with Crippen molar-refractivity contribution in [3.8, 4) is 0 Å². The minimum absolute atomic E-state index is 0.404. The second kappa shape index (κ2) is 2.71. The monoisotopic (exact) mass is 181 g/mol. The Morgan fingerprint density at radius 3 is 2.85 bits per heavy atom. The molecule has 3 aliphatic rings. The van der Waals surface area contributed by atoms with Gasteiger partial charge in [0.2, 0.25) is 0 Å². The third-order valence-electron chi connectivity index (χ3n) is 4.76. The van der Waals surface area contributed by atoms with Crippen molar-refractivity contribution in [3.63, 3.8) is 0 Å². The lowest BCUT2D eigenvalue weighted by atomic mass is 9.67. The quantitative estimate of drug-likeness (QED) is 0.615. The SMILES string of the molecule is N[C@@H]1[C@@H]2CC[C@@H](C2)C12CCCOC2. The van der Waals surface area contributed by atoms with Gasteiger partial charge in [-0.05, 0) is 43.9 Å². The molecule has 0 aromatic carbocycles. The summed E-state index contributed by atoms with van der Waals surface area (Å²) in [7, 11) is 0. The van der Waals surface area contributed by atoms with Gasteiger partial charge in [0.15, 0.2) is 0 Å². The molecule has 74 valence electrons. The zero-order valence-corrected chi connectivity index (χ0v) is 8.17. The minimum atomic E-state index is 0.404. The molecular formula is C11H19NO. The van der Waals surface area contributed by atoms with E-state index in [4.69, 9.17) is 10.5 Å². The maximum atomic E-state index is 6.35. The van der Waals surface area contributed by atoms with Gasteiger partial charge in [-0.25, -0.2) is 0 Å². The number of nitrogens with two attached hydrogens (primary N) is 1. The fourth-order valence-corrected chi connectivity index (χ4v) is 4.03. The van der Waals surface area contributed by atoms with E-state index in [2.05, 4.69) is 0 Å². The van der Waals surface area contributed by atoms with E-state index in [1.807, 2.05) is 0 Å². The predicted octanol–water partition coefficient (Wildman–Crippen LogP) is 1.54. The molecule has 1 spiro atoms. The summed E-state index contributed by atoms with van der Waals surface area (Å²) in [5.74, 6) is 1.72. The first-order valence-corrected chi connectivity index (χ1v) is 5.66. The molecule has 0 amide bonds. The standard InChI is InChI=1S/C11H19NO/c12-10-8-2-3-9(6-8)11(10)4-1-5-13-7-11/h8-10H,1-7,12H2/t8-,9+,10-,11?/m1/s1. The summed E-state index contributed by atoms with van der Waals surface area (Å²) in [5, 5.41) is 0. The van der Waals surface area contributed by atoms with Crippen LogP contribution in [0.3, 0.4) is 0 Å².